The summed E-state index contributed by atoms with van der Waals surface area (Å²) in [5.41, 5.74) is 0.222. The summed E-state index contributed by atoms with van der Waals surface area (Å²) in [7, 11) is 1.90. The van der Waals surface area contributed by atoms with Crippen LogP contribution >= 0.6 is 0 Å². The van der Waals surface area contributed by atoms with Gasteiger partial charge in [0.1, 0.15) is 6.33 Å². The molecule has 100 valence electrons. The van der Waals surface area contributed by atoms with E-state index in [1.54, 1.807) is 11.0 Å². The number of fused-ring (bicyclic) bond motifs is 1. The molecule has 0 bridgehead atoms. The second-order valence-electron chi connectivity index (χ2n) is 6.11. The summed E-state index contributed by atoms with van der Waals surface area (Å²) in [6, 6.07) is 0.520. The first-order chi connectivity index (χ1) is 8.59. The molecule has 3 rings (SSSR count). The molecule has 1 saturated carbocycles. The van der Waals surface area contributed by atoms with Gasteiger partial charge in [-0.15, -0.1) is 0 Å². The largest absolute Gasteiger partial charge is 0.377 e. The number of nitrogens with one attached hydrogen (secondary N) is 1. The predicted octanol–water partition coefficient (Wildman–Crippen LogP) is 1.11. The van der Waals surface area contributed by atoms with Gasteiger partial charge in [0.25, 0.3) is 0 Å². The molecule has 1 aromatic rings. The third-order valence-corrected chi connectivity index (χ3v) is 4.46. The summed E-state index contributed by atoms with van der Waals surface area (Å²) < 4.78 is 7.65. The Hall–Kier alpha value is -0.940. The van der Waals surface area contributed by atoms with Gasteiger partial charge in [0.05, 0.1) is 12.6 Å². The van der Waals surface area contributed by atoms with Gasteiger partial charge in [-0.2, -0.15) is 5.10 Å². The van der Waals surface area contributed by atoms with Gasteiger partial charge in [-0.3, -0.25) is 4.68 Å². The monoisotopic (exact) mass is 250 g/mol. The molecule has 1 aliphatic carbocycles. The minimum Gasteiger partial charge on any atom is -0.377 e. The third kappa shape index (κ3) is 1.86. The minimum absolute atomic E-state index is 0.222. The Morgan fingerprint density at radius 3 is 3.11 bits per heavy atom. The summed E-state index contributed by atoms with van der Waals surface area (Å²) >= 11 is 0. The number of hydrogen-bond acceptors (Lipinski definition) is 4. The van der Waals surface area contributed by atoms with E-state index >= 15 is 0 Å². The minimum atomic E-state index is 0.222. The molecule has 2 heterocycles. The maximum atomic E-state index is 5.90. The Morgan fingerprint density at radius 1 is 1.56 bits per heavy atom. The number of aryl methyl sites for hydroxylation is 1. The number of aromatic nitrogens is 3. The van der Waals surface area contributed by atoms with Gasteiger partial charge in [0.15, 0.2) is 5.82 Å². The van der Waals surface area contributed by atoms with Crippen molar-refractivity contribution in [3.8, 4) is 0 Å². The lowest BCUT2D eigenvalue weighted by Crippen LogP contribution is -2.69. The van der Waals surface area contributed by atoms with E-state index in [-0.39, 0.29) is 5.41 Å². The highest BCUT2D eigenvalue weighted by Crippen LogP contribution is 2.51. The van der Waals surface area contributed by atoms with E-state index in [2.05, 4.69) is 29.2 Å². The molecular weight excluding hydrogens is 228 g/mol. The topological polar surface area (TPSA) is 52.0 Å². The quantitative estimate of drug-likeness (QED) is 0.873. The van der Waals surface area contributed by atoms with Gasteiger partial charge in [-0.25, -0.2) is 4.98 Å². The third-order valence-electron chi connectivity index (χ3n) is 4.46. The zero-order chi connectivity index (χ0) is 12.8. The van der Waals surface area contributed by atoms with Crippen LogP contribution in [-0.4, -0.2) is 33.5 Å². The van der Waals surface area contributed by atoms with E-state index < -0.39 is 0 Å². The molecule has 2 aliphatic rings. The van der Waals surface area contributed by atoms with Gasteiger partial charge < -0.3 is 10.1 Å². The fourth-order valence-corrected chi connectivity index (χ4v) is 3.60. The van der Waals surface area contributed by atoms with E-state index in [0.717, 1.165) is 19.0 Å². The van der Waals surface area contributed by atoms with E-state index in [1.807, 2.05) is 7.05 Å². The number of hydrogen-bond donors (Lipinski definition) is 1. The first-order valence-electron chi connectivity index (χ1n) is 6.78. The summed E-state index contributed by atoms with van der Waals surface area (Å²) in [4.78, 5) is 4.26. The van der Waals surface area contributed by atoms with Crippen molar-refractivity contribution in [3.63, 3.8) is 0 Å². The van der Waals surface area contributed by atoms with E-state index in [4.69, 9.17) is 4.74 Å². The number of rotatable bonds is 3. The molecule has 1 N–H and O–H groups in total. The molecular formula is C13H22N4O. The van der Waals surface area contributed by atoms with Gasteiger partial charge in [-0.1, -0.05) is 13.8 Å². The highest BCUT2D eigenvalue weighted by atomic mass is 16.5. The summed E-state index contributed by atoms with van der Waals surface area (Å²) in [6.45, 7) is 6.27. The van der Waals surface area contributed by atoms with Crippen molar-refractivity contribution in [2.75, 3.05) is 6.61 Å². The molecule has 1 saturated heterocycles. The molecule has 1 aromatic heterocycles. The lowest BCUT2D eigenvalue weighted by Gasteiger charge is -2.60. The Morgan fingerprint density at radius 2 is 2.39 bits per heavy atom. The molecule has 5 nitrogen and oxygen atoms in total. The second-order valence-corrected chi connectivity index (χ2v) is 6.11. The first-order valence-corrected chi connectivity index (χ1v) is 6.78. The summed E-state index contributed by atoms with van der Waals surface area (Å²) in [5, 5.41) is 7.92. The molecule has 1 aliphatic heterocycles. The predicted molar refractivity (Wildman–Crippen MR) is 67.9 cm³/mol. The molecule has 18 heavy (non-hydrogen) atoms. The highest BCUT2D eigenvalue weighted by molar-refractivity contribution is 5.10. The Bertz CT molecular complexity index is 428. The molecule has 0 amide bonds. The highest BCUT2D eigenvalue weighted by Gasteiger charge is 2.57. The van der Waals surface area contributed by atoms with Crippen LogP contribution in [0.3, 0.4) is 0 Å². The second kappa shape index (κ2) is 4.31. The SMILES string of the molecule is Cn1cnc(CNC2C3CCCOC3C2(C)C)n1. The standard InChI is InChI=1S/C13H22N4O/c1-13(2)11(9-5-4-6-18-12(9)13)14-7-10-15-8-17(3)16-10/h8-9,11-12,14H,4-7H2,1-3H3. The van der Waals surface area contributed by atoms with E-state index in [9.17, 15) is 0 Å². The van der Waals surface area contributed by atoms with Crippen molar-refractivity contribution in [1.82, 2.24) is 20.1 Å². The molecule has 0 radical (unpaired) electrons. The van der Waals surface area contributed by atoms with Gasteiger partial charge in [-0.05, 0) is 12.8 Å². The maximum absolute atomic E-state index is 5.90. The molecule has 5 heteroatoms. The van der Waals surface area contributed by atoms with Crippen LogP contribution in [0.5, 0.6) is 0 Å². The van der Waals surface area contributed by atoms with Gasteiger partial charge >= 0.3 is 0 Å². The average molecular weight is 250 g/mol. The normalized spacial score (nSPS) is 33.8. The van der Waals surface area contributed by atoms with Crippen LogP contribution in [0.25, 0.3) is 0 Å². The average Bonchev–Trinajstić information content (AvgIpc) is 2.75. The fourth-order valence-electron chi connectivity index (χ4n) is 3.60. The fraction of sp³-hybridized carbons (Fsp3) is 0.846. The van der Waals surface area contributed by atoms with Crippen molar-refractivity contribution in [2.24, 2.45) is 18.4 Å². The Kier molecular flexibility index (Phi) is 2.90. The van der Waals surface area contributed by atoms with Crippen LogP contribution in [0.1, 0.15) is 32.5 Å². The van der Waals surface area contributed by atoms with Crippen LogP contribution in [0.15, 0.2) is 6.33 Å². The molecule has 2 fully saturated rings. The Labute approximate surface area is 108 Å². The van der Waals surface area contributed by atoms with Crippen LogP contribution in [0, 0.1) is 11.3 Å². The molecule has 0 aromatic carbocycles. The van der Waals surface area contributed by atoms with Crippen LogP contribution in [0.4, 0.5) is 0 Å². The van der Waals surface area contributed by atoms with Crippen molar-refractivity contribution < 1.29 is 4.74 Å². The summed E-state index contributed by atoms with van der Waals surface area (Å²) in [6.07, 6.45) is 4.65. The number of nitrogens with zero attached hydrogens (tertiary/aromatic N) is 3. The summed E-state index contributed by atoms with van der Waals surface area (Å²) in [5.74, 6) is 1.53. The van der Waals surface area contributed by atoms with Crippen molar-refractivity contribution >= 4 is 0 Å². The van der Waals surface area contributed by atoms with Crippen molar-refractivity contribution in [1.29, 1.82) is 0 Å². The Balaban J connectivity index is 1.62. The molecule has 3 atom stereocenters. The zero-order valence-corrected chi connectivity index (χ0v) is 11.4. The van der Waals surface area contributed by atoms with Crippen LogP contribution in [0.2, 0.25) is 0 Å². The zero-order valence-electron chi connectivity index (χ0n) is 11.4. The van der Waals surface area contributed by atoms with E-state index in [1.165, 1.54) is 12.8 Å². The van der Waals surface area contributed by atoms with Crippen molar-refractivity contribution in [2.45, 2.75) is 45.4 Å². The van der Waals surface area contributed by atoms with E-state index in [0.29, 0.717) is 18.1 Å². The first kappa shape index (κ1) is 12.1. The molecule has 3 unspecified atom stereocenters. The lowest BCUT2D eigenvalue weighted by molar-refractivity contribution is -0.193. The maximum Gasteiger partial charge on any atom is 0.164 e. The smallest absolute Gasteiger partial charge is 0.164 e. The molecule has 0 spiro atoms. The van der Waals surface area contributed by atoms with Gasteiger partial charge in [0, 0.05) is 31.0 Å². The number of ether oxygens (including phenoxy) is 1. The van der Waals surface area contributed by atoms with Gasteiger partial charge in [0.2, 0.25) is 0 Å². The van der Waals surface area contributed by atoms with Crippen molar-refractivity contribution in [3.05, 3.63) is 12.2 Å². The van der Waals surface area contributed by atoms with Crippen LogP contribution < -0.4 is 5.32 Å². The lowest BCUT2D eigenvalue weighted by atomic mass is 9.55. The van der Waals surface area contributed by atoms with Crippen LogP contribution in [-0.2, 0) is 18.3 Å².